The van der Waals surface area contributed by atoms with Crippen molar-refractivity contribution in [1.82, 2.24) is 0 Å². The van der Waals surface area contributed by atoms with E-state index in [-0.39, 0.29) is 11.8 Å². The summed E-state index contributed by atoms with van der Waals surface area (Å²) in [5, 5.41) is 5.72. The van der Waals surface area contributed by atoms with Crippen molar-refractivity contribution in [3.05, 3.63) is 54.1 Å². The van der Waals surface area contributed by atoms with Gasteiger partial charge in [0.15, 0.2) is 6.54 Å². The molecule has 1 aliphatic rings. The summed E-state index contributed by atoms with van der Waals surface area (Å²) >= 11 is 0. The van der Waals surface area contributed by atoms with Crippen LogP contribution in [0.25, 0.3) is 0 Å². The topological polar surface area (TPSA) is 81.1 Å². The highest BCUT2D eigenvalue weighted by molar-refractivity contribution is 6.10. The van der Waals surface area contributed by atoms with E-state index in [4.69, 9.17) is 9.47 Å². The van der Waals surface area contributed by atoms with Crippen molar-refractivity contribution < 1.29 is 24.0 Å². The van der Waals surface area contributed by atoms with Crippen LogP contribution >= 0.6 is 0 Å². The average molecular weight is 384 g/mol. The lowest BCUT2D eigenvalue weighted by Gasteiger charge is -2.23. The van der Waals surface area contributed by atoms with Gasteiger partial charge in [-0.05, 0) is 43.3 Å². The minimum Gasteiger partial charge on any atom is -0.494 e. The molecule has 2 amide bonds. The van der Waals surface area contributed by atoms with E-state index in [0.717, 1.165) is 18.8 Å². The first-order valence-electron chi connectivity index (χ1n) is 9.50. The van der Waals surface area contributed by atoms with Gasteiger partial charge in [0, 0.05) is 5.69 Å². The Balaban J connectivity index is 1.63. The van der Waals surface area contributed by atoms with Gasteiger partial charge >= 0.3 is 0 Å². The summed E-state index contributed by atoms with van der Waals surface area (Å²) in [6, 6.07) is 14.2. The lowest BCUT2D eigenvalue weighted by molar-refractivity contribution is -0.899. The molecular weight excluding hydrogens is 358 g/mol. The molecule has 1 fully saturated rings. The summed E-state index contributed by atoms with van der Waals surface area (Å²) in [4.78, 5) is 26.3. The predicted molar refractivity (Wildman–Crippen MR) is 107 cm³/mol. The summed E-state index contributed by atoms with van der Waals surface area (Å²) in [5.74, 6) is 0.357. The van der Waals surface area contributed by atoms with Crippen LogP contribution in [-0.2, 0) is 9.53 Å². The van der Waals surface area contributed by atoms with E-state index in [1.165, 1.54) is 4.90 Å². The lowest BCUT2D eigenvalue weighted by atomic mass is 10.1. The van der Waals surface area contributed by atoms with Crippen LogP contribution in [0.3, 0.4) is 0 Å². The zero-order valence-corrected chi connectivity index (χ0v) is 16.0. The van der Waals surface area contributed by atoms with Crippen LogP contribution in [0.1, 0.15) is 17.3 Å². The molecule has 3 rings (SSSR count). The van der Waals surface area contributed by atoms with Gasteiger partial charge in [-0.15, -0.1) is 0 Å². The van der Waals surface area contributed by atoms with Gasteiger partial charge in [-0.25, -0.2) is 0 Å². The molecule has 148 valence electrons. The van der Waals surface area contributed by atoms with Crippen LogP contribution in [0.2, 0.25) is 0 Å². The number of hydrogen-bond donors (Lipinski definition) is 3. The second-order valence-electron chi connectivity index (χ2n) is 6.54. The van der Waals surface area contributed by atoms with E-state index in [9.17, 15) is 9.59 Å². The largest absolute Gasteiger partial charge is 0.494 e. The molecule has 0 spiro atoms. The quantitative estimate of drug-likeness (QED) is 0.670. The molecule has 28 heavy (non-hydrogen) atoms. The van der Waals surface area contributed by atoms with Gasteiger partial charge in [0.1, 0.15) is 18.8 Å². The molecular formula is C21H26N3O4+. The lowest BCUT2D eigenvalue weighted by Crippen LogP contribution is -3.15. The number of quaternary nitrogens is 1. The van der Waals surface area contributed by atoms with E-state index >= 15 is 0 Å². The van der Waals surface area contributed by atoms with Gasteiger partial charge in [0.25, 0.3) is 11.8 Å². The number of para-hydroxylation sites is 1. The minimum absolute atomic E-state index is 0.113. The average Bonchev–Trinajstić information content (AvgIpc) is 2.71. The molecule has 0 unspecified atom stereocenters. The number of carbonyl (C=O) groups is 2. The SMILES string of the molecule is CCOc1ccc(NC(=O)c2ccccc2NC(=O)C[NH+]2CCOCC2)cc1. The Hall–Kier alpha value is -2.90. The number of nitrogens with one attached hydrogen (secondary N) is 3. The van der Waals surface area contributed by atoms with E-state index in [2.05, 4.69) is 10.6 Å². The molecule has 1 heterocycles. The number of morpholine rings is 1. The Kier molecular flexibility index (Phi) is 7.00. The number of hydrogen-bond acceptors (Lipinski definition) is 4. The first kappa shape index (κ1) is 19.9. The van der Waals surface area contributed by atoms with Crippen LogP contribution < -0.4 is 20.3 Å². The second-order valence-corrected chi connectivity index (χ2v) is 6.54. The van der Waals surface area contributed by atoms with Gasteiger partial charge < -0.3 is 25.0 Å². The third kappa shape index (κ3) is 5.55. The Morgan fingerprint density at radius 2 is 1.75 bits per heavy atom. The number of carbonyl (C=O) groups excluding carboxylic acids is 2. The Morgan fingerprint density at radius 1 is 1.04 bits per heavy atom. The smallest absolute Gasteiger partial charge is 0.279 e. The van der Waals surface area contributed by atoms with E-state index in [1.54, 1.807) is 48.5 Å². The van der Waals surface area contributed by atoms with Crippen molar-refractivity contribution in [2.45, 2.75) is 6.92 Å². The number of ether oxygens (including phenoxy) is 2. The van der Waals surface area contributed by atoms with Gasteiger partial charge in [-0.3, -0.25) is 9.59 Å². The first-order chi connectivity index (χ1) is 13.7. The molecule has 0 bridgehead atoms. The molecule has 7 nitrogen and oxygen atoms in total. The number of amides is 2. The predicted octanol–water partition coefficient (Wildman–Crippen LogP) is 1.19. The molecule has 2 aromatic carbocycles. The fourth-order valence-corrected chi connectivity index (χ4v) is 3.05. The molecule has 2 aromatic rings. The second kappa shape index (κ2) is 9.87. The Bertz CT molecular complexity index is 802. The fourth-order valence-electron chi connectivity index (χ4n) is 3.05. The van der Waals surface area contributed by atoms with E-state index in [1.807, 2.05) is 6.92 Å². The maximum Gasteiger partial charge on any atom is 0.279 e. The number of anilines is 2. The van der Waals surface area contributed by atoms with Crippen molar-refractivity contribution in [2.24, 2.45) is 0 Å². The van der Waals surface area contributed by atoms with Crippen LogP contribution in [0.15, 0.2) is 48.5 Å². The first-order valence-corrected chi connectivity index (χ1v) is 9.50. The molecule has 1 aliphatic heterocycles. The summed E-state index contributed by atoms with van der Waals surface area (Å²) in [6.07, 6.45) is 0. The normalized spacial score (nSPS) is 14.3. The molecule has 0 aromatic heterocycles. The van der Waals surface area contributed by atoms with Gasteiger partial charge in [0.2, 0.25) is 0 Å². The van der Waals surface area contributed by atoms with Crippen LogP contribution in [-0.4, -0.2) is 51.3 Å². The van der Waals surface area contributed by atoms with Gasteiger partial charge in [-0.1, -0.05) is 12.1 Å². The van der Waals surface area contributed by atoms with Crippen molar-refractivity contribution in [2.75, 3.05) is 50.1 Å². The molecule has 0 atom stereocenters. The van der Waals surface area contributed by atoms with Crippen molar-refractivity contribution in [1.29, 1.82) is 0 Å². The van der Waals surface area contributed by atoms with Crippen LogP contribution in [0.5, 0.6) is 5.75 Å². The highest BCUT2D eigenvalue weighted by atomic mass is 16.5. The third-order valence-corrected chi connectivity index (χ3v) is 4.48. The summed E-state index contributed by atoms with van der Waals surface area (Å²) < 4.78 is 10.7. The molecule has 7 heteroatoms. The Labute approximate surface area is 164 Å². The molecule has 0 saturated carbocycles. The van der Waals surface area contributed by atoms with E-state index < -0.39 is 0 Å². The van der Waals surface area contributed by atoms with Gasteiger partial charge in [0.05, 0.1) is 31.1 Å². The van der Waals surface area contributed by atoms with Crippen molar-refractivity contribution in [3.8, 4) is 5.75 Å². The van der Waals surface area contributed by atoms with E-state index in [0.29, 0.717) is 43.3 Å². The molecule has 0 aliphatic carbocycles. The summed E-state index contributed by atoms with van der Waals surface area (Å²) in [5.41, 5.74) is 1.58. The highest BCUT2D eigenvalue weighted by Crippen LogP contribution is 2.19. The summed E-state index contributed by atoms with van der Waals surface area (Å²) in [7, 11) is 0. The van der Waals surface area contributed by atoms with Crippen molar-refractivity contribution >= 4 is 23.2 Å². The Morgan fingerprint density at radius 3 is 2.46 bits per heavy atom. The van der Waals surface area contributed by atoms with Crippen LogP contribution in [0.4, 0.5) is 11.4 Å². The zero-order valence-electron chi connectivity index (χ0n) is 16.0. The minimum atomic E-state index is -0.279. The molecule has 1 saturated heterocycles. The third-order valence-electron chi connectivity index (χ3n) is 4.48. The maximum absolute atomic E-state index is 12.7. The maximum atomic E-state index is 12.7. The summed E-state index contributed by atoms with van der Waals surface area (Å²) in [6.45, 7) is 5.83. The monoisotopic (exact) mass is 384 g/mol. The van der Waals surface area contributed by atoms with Crippen LogP contribution in [0, 0.1) is 0 Å². The number of benzene rings is 2. The van der Waals surface area contributed by atoms with Crippen molar-refractivity contribution in [3.63, 3.8) is 0 Å². The fraction of sp³-hybridized carbons (Fsp3) is 0.333. The van der Waals surface area contributed by atoms with Gasteiger partial charge in [-0.2, -0.15) is 0 Å². The highest BCUT2D eigenvalue weighted by Gasteiger charge is 2.19. The molecule has 0 radical (unpaired) electrons. The number of rotatable bonds is 7. The standard InChI is InChI=1S/C21H25N3O4/c1-2-28-17-9-7-16(8-10-17)22-21(26)18-5-3-4-6-19(18)23-20(25)15-24-11-13-27-14-12-24/h3-10H,2,11-15H2,1H3,(H,22,26)(H,23,25)/p+1. The zero-order chi connectivity index (χ0) is 19.8. The molecule has 3 N–H and O–H groups in total.